The van der Waals surface area contributed by atoms with Crippen LogP contribution in [0.3, 0.4) is 0 Å². The quantitative estimate of drug-likeness (QED) is 0.915. The Morgan fingerprint density at radius 3 is 2.67 bits per heavy atom. The molecule has 1 aromatic heterocycles. The van der Waals surface area contributed by atoms with Crippen molar-refractivity contribution in [1.29, 1.82) is 0 Å². The summed E-state index contributed by atoms with van der Waals surface area (Å²) in [5.74, 6) is 0.639. The van der Waals surface area contributed by atoms with E-state index in [1.54, 1.807) is 31.2 Å². The molecule has 1 N–H and O–H groups in total. The first-order valence-corrected chi connectivity index (χ1v) is 7.03. The molecule has 0 radical (unpaired) electrons. The summed E-state index contributed by atoms with van der Waals surface area (Å²) in [6.45, 7) is 1.56. The summed E-state index contributed by atoms with van der Waals surface area (Å²) in [4.78, 5) is 15.9. The number of benzene rings is 1. The summed E-state index contributed by atoms with van der Waals surface area (Å²) in [5.41, 5.74) is 1.32. The third-order valence-corrected chi connectivity index (χ3v) is 3.80. The predicted molar refractivity (Wildman–Crippen MR) is 78.5 cm³/mol. The largest absolute Gasteiger partial charge is 0.486 e. The van der Waals surface area contributed by atoms with E-state index in [4.69, 9.17) is 4.74 Å². The van der Waals surface area contributed by atoms with E-state index in [1.165, 1.54) is 18.4 Å². The monoisotopic (exact) mass is 310 g/mol. The van der Waals surface area contributed by atoms with Gasteiger partial charge in [0.15, 0.2) is 0 Å². The van der Waals surface area contributed by atoms with Gasteiger partial charge >= 0.3 is 6.09 Å². The molecule has 5 nitrogen and oxygen atoms in total. The number of hydrogen-bond acceptors (Lipinski definition) is 5. The van der Waals surface area contributed by atoms with Crippen molar-refractivity contribution < 1.29 is 18.7 Å². The highest BCUT2D eigenvalue weighted by Crippen LogP contribution is 2.22. The molecular weight excluding hydrogens is 295 g/mol. The van der Waals surface area contributed by atoms with Crippen LogP contribution in [0.2, 0.25) is 0 Å². The van der Waals surface area contributed by atoms with Gasteiger partial charge in [-0.25, -0.2) is 14.2 Å². The maximum absolute atomic E-state index is 12.6. The molecule has 0 aliphatic carbocycles. The number of hydrogen-bond donors (Lipinski definition) is 1. The van der Waals surface area contributed by atoms with Crippen molar-refractivity contribution in [3.63, 3.8) is 0 Å². The molecule has 112 valence electrons. The topological polar surface area (TPSA) is 60.5 Å². The number of nitrogens with one attached hydrogen (secondary N) is 1. The minimum Gasteiger partial charge on any atom is -0.486 e. The summed E-state index contributed by atoms with van der Waals surface area (Å²) in [6.07, 6.45) is -0.527. The number of rotatable bonds is 5. The summed E-state index contributed by atoms with van der Waals surface area (Å²) >= 11 is 1.31. The maximum atomic E-state index is 12.6. The predicted octanol–water partition coefficient (Wildman–Crippen LogP) is 3.68. The fraction of sp³-hybridized carbons (Fsp3) is 0.286. The van der Waals surface area contributed by atoms with Crippen LogP contribution in [-0.2, 0) is 18.0 Å². The Labute approximate surface area is 125 Å². The maximum Gasteiger partial charge on any atom is 0.411 e. The third kappa shape index (κ3) is 4.16. The summed E-state index contributed by atoms with van der Waals surface area (Å²) in [6, 6.07) is 6.85. The number of halogens is 1. The first kappa shape index (κ1) is 15.2. The molecule has 0 saturated carbocycles. The number of aryl methyl sites for hydroxylation is 1. The van der Waals surface area contributed by atoms with E-state index in [2.05, 4.69) is 15.0 Å². The number of anilines is 1. The van der Waals surface area contributed by atoms with Gasteiger partial charge in [0.05, 0.1) is 17.7 Å². The van der Waals surface area contributed by atoms with Gasteiger partial charge in [0.2, 0.25) is 0 Å². The third-order valence-electron chi connectivity index (χ3n) is 2.71. The second-order valence-corrected chi connectivity index (χ2v) is 5.35. The average Bonchev–Trinajstić information content (AvgIpc) is 2.86. The van der Waals surface area contributed by atoms with E-state index in [9.17, 15) is 9.18 Å². The standard InChI is InChI=1S/C14H15FN2O3S/c1-9-12(7-15)21-13(16-9)8-20-11-5-3-10(4-6-11)17-14(18)19-2/h3-6H,7-8H2,1-2H3,(H,17,18). The SMILES string of the molecule is COC(=O)Nc1ccc(OCc2nc(C)c(CF)s2)cc1. The number of ether oxygens (including phenoxy) is 2. The zero-order valence-electron chi connectivity index (χ0n) is 11.7. The first-order valence-electron chi connectivity index (χ1n) is 6.21. The second kappa shape index (κ2) is 7.03. The van der Waals surface area contributed by atoms with Crippen LogP contribution in [0.15, 0.2) is 24.3 Å². The normalized spacial score (nSPS) is 10.2. The number of amides is 1. The molecule has 0 unspecified atom stereocenters. The van der Waals surface area contributed by atoms with Crippen molar-refractivity contribution in [1.82, 2.24) is 4.98 Å². The molecule has 2 aromatic rings. The molecule has 0 spiro atoms. The Morgan fingerprint density at radius 2 is 2.10 bits per heavy atom. The molecule has 0 aliphatic heterocycles. The fourth-order valence-corrected chi connectivity index (χ4v) is 2.46. The van der Waals surface area contributed by atoms with Gasteiger partial charge in [-0.05, 0) is 31.2 Å². The van der Waals surface area contributed by atoms with Crippen LogP contribution in [0.25, 0.3) is 0 Å². The molecule has 0 atom stereocenters. The number of methoxy groups -OCH3 is 1. The zero-order valence-corrected chi connectivity index (χ0v) is 12.5. The number of thiazole rings is 1. The lowest BCUT2D eigenvalue weighted by Gasteiger charge is -2.06. The van der Waals surface area contributed by atoms with E-state index in [0.717, 1.165) is 5.01 Å². The van der Waals surface area contributed by atoms with Gasteiger partial charge in [-0.3, -0.25) is 5.32 Å². The van der Waals surface area contributed by atoms with E-state index >= 15 is 0 Å². The van der Waals surface area contributed by atoms with Crippen molar-refractivity contribution >= 4 is 23.1 Å². The first-order chi connectivity index (χ1) is 10.1. The van der Waals surface area contributed by atoms with Gasteiger partial charge in [-0.1, -0.05) is 0 Å². The van der Waals surface area contributed by atoms with E-state index < -0.39 is 12.8 Å². The lowest BCUT2D eigenvalue weighted by Crippen LogP contribution is -2.10. The van der Waals surface area contributed by atoms with Gasteiger partial charge < -0.3 is 9.47 Å². The smallest absolute Gasteiger partial charge is 0.411 e. The molecule has 2 rings (SSSR count). The Hall–Kier alpha value is -2.15. The van der Waals surface area contributed by atoms with Crippen molar-refractivity contribution in [2.24, 2.45) is 0 Å². The van der Waals surface area contributed by atoms with Gasteiger partial charge in [-0.15, -0.1) is 11.3 Å². The Kier molecular flexibility index (Phi) is 5.10. The fourth-order valence-electron chi connectivity index (χ4n) is 1.62. The molecule has 7 heteroatoms. The van der Waals surface area contributed by atoms with Crippen LogP contribution in [-0.4, -0.2) is 18.2 Å². The van der Waals surface area contributed by atoms with Crippen LogP contribution in [0, 0.1) is 6.92 Å². The van der Waals surface area contributed by atoms with Gasteiger partial charge in [-0.2, -0.15) is 0 Å². The molecule has 0 saturated heterocycles. The van der Waals surface area contributed by atoms with Gasteiger partial charge in [0, 0.05) is 5.69 Å². The second-order valence-electron chi connectivity index (χ2n) is 4.18. The summed E-state index contributed by atoms with van der Waals surface area (Å²) in [5, 5.41) is 3.28. The van der Waals surface area contributed by atoms with Crippen LogP contribution in [0.5, 0.6) is 5.75 Å². The summed E-state index contributed by atoms with van der Waals surface area (Å²) in [7, 11) is 1.30. The Balaban J connectivity index is 1.92. The van der Waals surface area contributed by atoms with Crippen molar-refractivity contribution in [3.05, 3.63) is 39.8 Å². The molecule has 21 heavy (non-hydrogen) atoms. The Morgan fingerprint density at radius 1 is 1.38 bits per heavy atom. The van der Waals surface area contributed by atoms with Crippen LogP contribution < -0.4 is 10.1 Å². The lowest BCUT2D eigenvalue weighted by atomic mass is 10.3. The van der Waals surface area contributed by atoms with Crippen molar-refractivity contribution in [2.75, 3.05) is 12.4 Å². The highest BCUT2D eigenvalue weighted by atomic mass is 32.1. The molecule has 0 bridgehead atoms. The minimum absolute atomic E-state index is 0.287. The number of aromatic nitrogens is 1. The minimum atomic E-state index is -0.527. The highest BCUT2D eigenvalue weighted by molar-refractivity contribution is 7.11. The van der Waals surface area contributed by atoms with E-state index in [1.807, 2.05) is 0 Å². The molecule has 0 aliphatic rings. The number of carbonyl (C=O) groups is 1. The number of carbonyl (C=O) groups excluding carboxylic acids is 1. The lowest BCUT2D eigenvalue weighted by molar-refractivity contribution is 0.187. The van der Waals surface area contributed by atoms with Gasteiger partial charge in [0.1, 0.15) is 24.0 Å². The van der Waals surface area contributed by atoms with E-state index in [-0.39, 0.29) is 6.61 Å². The number of nitrogens with zero attached hydrogens (tertiary/aromatic N) is 1. The van der Waals surface area contributed by atoms with E-state index in [0.29, 0.717) is 22.0 Å². The summed E-state index contributed by atoms with van der Waals surface area (Å²) < 4.78 is 22.7. The highest BCUT2D eigenvalue weighted by Gasteiger charge is 2.08. The van der Waals surface area contributed by atoms with Gasteiger partial charge in [0.25, 0.3) is 0 Å². The number of alkyl halides is 1. The van der Waals surface area contributed by atoms with Crippen molar-refractivity contribution in [3.8, 4) is 5.75 Å². The average molecular weight is 310 g/mol. The van der Waals surface area contributed by atoms with Crippen LogP contribution in [0.1, 0.15) is 15.6 Å². The van der Waals surface area contributed by atoms with Crippen LogP contribution in [0.4, 0.5) is 14.9 Å². The molecular formula is C14H15FN2O3S. The Bertz CT molecular complexity index is 613. The molecule has 1 heterocycles. The molecule has 1 amide bonds. The van der Waals surface area contributed by atoms with Crippen molar-refractivity contribution in [2.45, 2.75) is 20.2 Å². The molecule has 1 aromatic carbocycles. The zero-order chi connectivity index (χ0) is 15.2. The van der Waals surface area contributed by atoms with Crippen LogP contribution >= 0.6 is 11.3 Å². The molecule has 0 fully saturated rings.